The SMILES string of the molecule is O=C1C[C@@H](c2ccccc2)[C@](c2cccs2)(C(F)(F)F)O1. The minimum atomic E-state index is -4.68. The van der Waals surface area contributed by atoms with E-state index in [0.717, 1.165) is 11.3 Å². The molecular weight excluding hydrogens is 301 g/mol. The summed E-state index contributed by atoms with van der Waals surface area (Å²) in [7, 11) is 0. The van der Waals surface area contributed by atoms with Crippen LogP contribution in [0.1, 0.15) is 22.8 Å². The van der Waals surface area contributed by atoms with Gasteiger partial charge in [0.1, 0.15) is 0 Å². The van der Waals surface area contributed by atoms with Crippen molar-refractivity contribution in [3.63, 3.8) is 0 Å². The molecule has 1 aliphatic rings. The number of hydrogen-bond donors (Lipinski definition) is 0. The van der Waals surface area contributed by atoms with E-state index in [4.69, 9.17) is 4.74 Å². The van der Waals surface area contributed by atoms with Gasteiger partial charge >= 0.3 is 12.1 Å². The molecule has 110 valence electrons. The van der Waals surface area contributed by atoms with Gasteiger partial charge in [0.15, 0.2) is 0 Å². The Bertz CT molecular complexity index is 637. The number of halogens is 3. The third-order valence-electron chi connectivity index (χ3n) is 3.65. The van der Waals surface area contributed by atoms with Gasteiger partial charge in [-0.3, -0.25) is 4.79 Å². The van der Waals surface area contributed by atoms with Crippen molar-refractivity contribution in [2.24, 2.45) is 0 Å². The maximum Gasteiger partial charge on any atom is 0.434 e. The molecule has 2 atom stereocenters. The van der Waals surface area contributed by atoms with E-state index in [2.05, 4.69) is 0 Å². The summed E-state index contributed by atoms with van der Waals surface area (Å²) in [6.07, 6.45) is -4.95. The van der Waals surface area contributed by atoms with E-state index < -0.39 is 23.7 Å². The van der Waals surface area contributed by atoms with E-state index in [9.17, 15) is 18.0 Å². The Morgan fingerprint density at radius 2 is 1.86 bits per heavy atom. The molecule has 0 unspecified atom stereocenters. The summed E-state index contributed by atoms with van der Waals surface area (Å²) in [5.41, 5.74) is -2.13. The molecular formula is C15H11F3O2S. The average molecular weight is 312 g/mol. The fourth-order valence-corrected chi connectivity index (χ4v) is 3.68. The second kappa shape index (κ2) is 4.87. The Balaban J connectivity index is 2.20. The molecule has 1 aromatic heterocycles. The summed E-state index contributed by atoms with van der Waals surface area (Å²) in [4.78, 5) is 11.7. The lowest BCUT2D eigenvalue weighted by atomic mass is 9.80. The van der Waals surface area contributed by atoms with Gasteiger partial charge < -0.3 is 4.74 Å². The molecule has 0 saturated carbocycles. The molecule has 1 aliphatic heterocycles. The van der Waals surface area contributed by atoms with Crippen LogP contribution in [0.2, 0.25) is 0 Å². The van der Waals surface area contributed by atoms with Crippen LogP contribution < -0.4 is 0 Å². The van der Waals surface area contributed by atoms with Gasteiger partial charge in [-0.1, -0.05) is 36.4 Å². The molecule has 3 rings (SSSR count). The van der Waals surface area contributed by atoms with Crippen LogP contribution in [0, 0.1) is 0 Å². The highest BCUT2D eigenvalue weighted by Crippen LogP contribution is 2.57. The number of thiophene rings is 1. The van der Waals surface area contributed by atoms with Crippen LogP contribution in [0.5, 0.6) is 0 Å². The maximum atomic E-state index is 13.8. The average Bonchev–Trinajstić information content (AvgIpc) is 3.06. The van der Waals surface area contributed by atoms with Crippen LogP contribution in [-0.4, -0.2) is 12.1 Å². The highest BCUT2D eigenvalue weighted by atomic mass is 32.1. The number of carbonyl (C=O) groups excluding carboxylic acids is 1. The van der Waals surface area contributed by atoms with Crippen LogP contribution >= 0.6 is 11.3 Å². The third kappa shape index (κ3) is 2.14. The zero-order chi connectivity index (χ0) is 15.1. The second-order valence-corrected chi connectivity index (χ2v) is 5.80. The first-order valence-electron chi connectivity index (χ1n) is 6.32. The predicted molar refractivity (Wildman–Crippen MR) is 71.9 cm³/mol. The lowest BCUT2D eigenvalue weighted by molar-refractivity contribution is -0.268. The summed E-state index contributed by atoms with van der Waals surface area (Å²) in [5.74, 6) is -1.89. The minimum absolute atomic E-state index is 0.00898. The van der Waals surface area contributed by atoms with Crippen molar-refractivity contribution in [2.45, 2.75) is 24.1 Å². The van der Waals surface area contributed by atoms with Gasteiger partial charge in [0.25, 0.3) is 0 Å². The van der Waals surface area contributed by atoms with Gasteiger partial charge in [-0.15, -0.1) is 11.3 Å². The van der Waals surface area contributed by atoms with E-state index in [1.807, 2.05) is 0 Å². The van der Waals surface area contributed by atoms with Crippen LogP contribution in [0.15, 0.2) is 47.8 Å². The van der Waals surface area contributed by atoms with Crippen LogP contribution in [0.25, 0.3) is 0 Å². The maximum absolute atomic E-state index is 13.8. The molecule has 2 aromatic rings. The molecule has 1 aromatic carbocycles. The second-order valence-electron chi connectivity index (χ2n) is 4.85. The van der Waals surface area contributed by atoms with Gasteiger partial charge in [0.2, 0.25) is 5.60 Å². The number of alkyl halides is 3. The van der Waals surface area contributed by atoms with Crippen LogP contribution in [-0.2, 0) is 15.1 Å². The number of carbonyl (C=O) groups is 1. The Labute approximate surface area is 123 Å². The van der Waals surface area contributed by atoms with E-state index in [-0.39, 0.29) is 11.3 Å². The Morgan fingerprint density at radius 1 is 1.14 bits per heavy atom. The standard InChI is InChI=1S/C15H11F3O2S/c16-15(17,18)14(12-7-4-8-21-12)11(9-13(19)20-14)10-5-2-1-3-6-10/h1-8,11H,9H2/t11-,14-/m0/s1. The van der Waals surface area contributed by atoms with E-state index in [1.165, 1.54) is 12.1 Å². The normalized spacial score (nSPS) is 25.9. The zero-order valence-electron chi connectivity index (χ0n) is 10.8. The number of cyclic esters (lactones) is 1. The largest absolute Gasteiger partial charge is 0.443 e. The lowest BCUT2D eigenvalue weighted by Gasteiger charge is -2.34. The first-order chi connectivity index (χ1) is 9.95. The minimum Gasteiger partial charge on any atom is -0.443 e. The topological polar surface area (TPSA) is 26.3 Å². The summed E-state index contributed by atoms with van der Waals surface area (Å²) < 4.78 is 46.3. The van der Waals surface area contributed by atoms with Gasteiger partial charge in [-0.05, 0) is 17.0 Å². The molecule has 2 heterocycles. The van der Waals surface area contributed by atoms with E-state index >= 15 is 0 Å². The first-order valence-corrected chi connectivity index (χ1v) is 7.20. The summed E-state index contributed by atoms with van der Waals surface area (Å²) in [6, 6.07) is 11.1. The van der Waals surface area contributed by atoms with Gasteiger partial charge in [0.05, 0.1) is 11.3 Å². The van der Waals surface area contributed by atoms with Crippen molar-refractivity contribution in [3.8, 4) is 0 Å². The van der Waals surface area contributed by atoms with Gasteiger partial charge in [-0.2, -0.15) is 13.2 Å². The predicted octanol–water partition coefficient (Wildman–Crippen LogP) is 4.24. The number of ether oxygens (including phenoxy) is 1. The fourth-order valence-electron chi connectivity index (χ4n) is 2.75. The molecule has 6 heteroatoms. The molecule has 0 amide bonds. The van der Waals surface area contributed by atoms with Crippen molar-refractivity contribution in [1.82, 2.24) is 0 Å². The quantitative estimate of drug-likeness (QED) is 0.776. The highest BCUT2D eigenvalue weighted by molar-refractivity contribution is 7.10. The third-order valence-corrected chi connectivity index (χ3v) is 4.63. The number of benzene rings is 1. The van der Waals surface area contributed by atoms with Crippen molar-refractivity contribution >= 4 is 17.3 Å². The van der Waals surface area contributed by atoms with Gasteiger partial charge in [-0.25, -0.2) is 0 Å². The Kier molecular flexibility index (Phi) is 3.28. The van der Waals surface area contributed by atoms with E-state index in [0.29, 0.717) is 5.56 Å². The Morgan fingerprint density at radius 3 is 2.43 bits per heavy atom. The molecule has 0 radical (unpaired) electrons. The van der Waals surface area contributed by atoms with Crippen molar-refractivity contribution in [3.05, 3.63) is 58.3 Å². The van der Waals surface area contributed by atoms with Crippen molar-refractivity contribution in [2.75, 3.05) is 0 Å². The Hall–Kier alpha value is -1.82. The number of hydrogen-bond acceptors (Lipinski definition) is 3. The van der Waals surface area contributed by atoms with Crippen LogP contribution in [0.4, 0.5) is 13.2 Å². The molecule has 0 spiro atoms. The molecule has 1 fully saturated rings. The number of esters is 1. The molecule has 0 N–H and O–H groups in total. The summed E-state index contributed by atoms with van der Waals surface area (Å²) in [5, 5.41) is 1.55. The molecule has 21 heavy (non-hydrogen) atoms. The lowest BCUT2D eigenvalue weighted by Crippen LogP contribution is -2.45. The first kappa shape index (κ1) is 14.1. The van der Waals surface area contributed by atoms with Crippen molar-refractivity contribution in [1.29, 1.82) is 0 Å². The van der Waals surface area contributed by atoms with Gasteiger partial charge in [0, 0.05) is 5.92 Å². The van der Waals surface area contributed by atoms with E-state index in [1.54, 1.807) is 35.7 Å². The molecule has 0 aliphatic carbocycles. The number of rotatable bonds is 2. The zero-order valence-corrected chi connectivity index (χ0v) is 11.6. The highest BCUT2D eigenvalue weighted by Gasteiger charge is 2.68. The molecule has 2 nitrogen and oxygen atoms in total. The molecule has 1 saturated heterocycles. The fraction of sp³-hybridized carbons (Fsp3) is 0.267. The summed E-state index contributed by atoms with van der Waals surface area (Å²) >= 11 is 0.949. The smallest absolute Gasteiger partial charge is 0.434 e. The summed E-state index contributed by atoms with van der Waals surface area (Å²) in [6.45, 7) is 0. The molecule has 0 bridgehead atoms. The van der Waals surface area contributed by atoms with Crippen molar-refractivity contribution < 1.29 is 22.7 Å². The van der Waals surface area contributed by atoms with Crippen LogP contribution in [0.3, 0.4) is 0 Å². The monoisotopic (exact) mass is 312 g/mol.